The number of nitrogens with one attached hydrogen (secondary N) is 2. The van der Waals surface area contributed by atoms with Crippen LogP contribution < -0.4 is 10.0 Å². The highest BCUT2D eigenvalue weighted by Crippen LogP contribution is 2.28. The lowest BCUT2D eigenvalue weighted by Gasteiger charge is -2.31. The minimum atomic E-state index is -3.73. The van der Waals surface area contributed by atoms with Crippen molar-refractivity contribution >= 4 is 15.7 Å². The molecule has 2 aliphatic heterocycles. The van der Waals surface area contributed by atoms with Gasteiger partial charge >= 0.3 is 0 Å². The maximum Gasteiger partial charge on any atom is 0.269 e. The van der Waals surface area contributed by atoms with E-state index >= 15 is 0 Å². The quantitative estimate of drug-likeness (QED) is 0.603. The van der Waals surface area contributed by atoms with Crippen LogP contribution in [0, 0.1) is 16.0 Å². The normalized spacial score (nSPS) is 25.7. The fourth-order valence-corrected chi connectivity index (χ4v) is 4.67. The summed E-state index contributed by atoms with van der Waals surface area (Å²) in [6, 6.07) is 4.66. The predicted octanol–water partition coefficient (Wildman–Crippen LogP) is 1.03. The Morgan fingerprint density at radius 1 is 1.17 bits per heavy atom. The fourth-order valence-electron chi connectivity index (χ4n) is 3.39. The molecule has 2 heterocycles. The summed E-state index contributed by atoms with van der Waals surface area (Å²) in [5.41, 5.74) is -0.134. The molecule has 3 rings (SSSR count). The van der Waals surface area contributed by atoms with Gasteiger partial charge in [-0.05, 0) is 50.4 Å². The van der Waals surface area contributed by atoms with Crippen molar-refractivity contribution in [3.8, 4) is 0 Å². The van der Waals surface area contributed by atoms with Crippen molar-refractivity contribution in [1.82, 2.24) is 10.0 Å². The van der Waals surface area contributed by atoms with Gasteiger partial charge in [0.2, 0.25) is 10.0 Å². The van der Waals surface area contributed by atoms with Crippen molar-refractivity contribution in [1.29, 1.82) is 0 Å². The Labute approximate surface area is 140 Å². The van der Waals surface area contributed by atoms with Crippen LogP contribution in [0.3, 0.4) is 0 Å². The van der Waals surface area contributed by atoms with Gasteiger partial charge in [-0.25, -0.2) is 13.1 Å². The first kappa shape index (κ1) is 17.3. The van der Waals surface area contributed by atoms with Crippen LogP contribution in [0.4, 0.5) is 5.69 Å². The van der Waals surface area contributed by atoms with Crippen molar-refractivity contribution in [3.63, 3.8) is 0 Å². The van der Waals surface area contributed by atoms with Crippen molar-refractivity contribution in [2.75, 3.05) is 19.7 Å². The number of ether oxygens (including phenoxy) is 1. The highest BCUT2D eigenvalue weighted by Gasteiger charge is 2.37. The van der Waals surface area contributed by atoms with Gasteiger partial charge in [-0.3, -0.25) is 10.1 Å². The smallest absolute Gasteiger partial charge is 0.269 e. The zero-order chi connectivity index (χ0) is 17.2. The van der Waals surface area contributed by atoms with E-state index in [2.05, 4.69) is 10.0 Å². The van der Waals surface area contributed by atoms with E-state index < -0.39 is 14.9 Å². The second kappa shape index (κ2) is 7.14. The zero-order valence-electron chi connectivity index (χ0n) is 13.2. The molecule has 0 amide bonds. The summed E-state index contributed by atoms with van der Waals surface area (Å²) in [6.45, 7) is 2.39. The number of benzene rings is 1. The zero-order valence-corrected chi connectivity index (χ0v) is 14.0. The lowest BCUT2D eigenvalue weighted by Crippen LogP contribution is -2.46. The molecule has 2 fully saturated rings. The number of piperidine rings is 1. The van der Waals surface area contributed by atoms with E-state index in [9.17, 15) is 18.5 Å². The number of sulfonamides is 1. The molecule has 2 N–H and O–H groups in total. The molecule has 0 saturated carbocycles. The first-order valence-corrected chi connectivity index (χ1v) is 9.55. The summed E-state index contributed by atoms with van der Waals surface area (Å²) in [5.74, 6) is 0.346. The van der Waals surface area contributed by atoms with Gasteiger partial charge in [-0.15, -0.1) is 0 Å². The Kier molecular flexibility index (Phi) is 5.14. The summed E-state index contributed by atoms with van der Waals surface area (Å²) in [7, 11) is -3.73. The molecule has 2 saturated heterocycles. The number of hydrogen-bond donors (Lipinski definition) is 2. The number of rotatable bonds is 5. The van der Waals surface area contributed by atoms with Crippen LogP contribution in [0.25, 0.3) is 0 Å². The molecule has 132 valence electrons. The van der Waals surface area contributed by atoms with Gasteiger partial charge in [0.1, 0.15) is 0 Å². The Morgan fingerprint density at radius 3 is 2.46 bits per heavy atom. The number of nitro benzene ring substituents is 1. The SMILES string of the molecule is O=[N+]([O-])c1ccc(S(=O)(=O)N[C@@H]2CCO[C@H]2C2CCNCC2)cc1. The molecule has 0 spiro atoms. The lowest BCUT2D eigenvalue weighted by atomic mass is 9.88. The molecule has 1 aromatic carbocycles. The number of non-ortho nitro benzene ring substituents is 1. The Morgan fingerprint density at radius 2 is 1.83 bits per heavy atom. The van der Waals surface area contributed by atoms with Gasteiger partial charge < -0.3 is 10.1 Å². The standard InChI is InChI=1S/C15H21N3O5S/c19-18(20)12-1-3-13(4-2-12)24(21,22)17-14-7-10-23-15(14)11-5-8-16-9-6-11/h1-4,11,14-17H,5-10H2/t14-,15+/m1/s1. The van der Waals surface area contributed by atoms with Gasteiger partial charge in [0.05, 0.1) is 22.0 Å². The fraction of sp³-hybridized carbons (Fsp3) is 0.600. The maximum absolute atomic E-state index is 12.5. The van der Waals surface area contributed by atoms with E-state index in [1.54, 1.807) is 0 Å². The van der Waals surface area contributed by atoms with Crippen LogP contribution in [-0.4, -0.2) is 45.2 Å². The van der Waals surface area contributed by atoms with Crippen LogP contribution in [0.15, 0.2) is 29.2 Å². The summed E-state index contributed by atoms with van der Waals surface area (Å²) in [5, 5.41) is 14.0. The third-order valence-electron chi connectivity index (χ3n) is 4.65. The third-order valence-corrected chi connectivity index (χ3v) is 6.15. The van der Waals surface area contributed by atoms with E-state index in [1.807, 2.05) is 0 Å². The van der Waals surface area contributed by atoms with Crippen LogP contribution in [-0.2, 0) is 14.8 Å². The molecular weight excluding hydrogens is 334 g/mol. The van der Waals surface area contributed by atoms with Crippen molar-refractivity contribution < 1.29 is 18.1 Å². The Balaban J connectivity index is 1.71. The second-order valence-electron chi connectivity index (χ2n) is 6.19. The Hall–Kier alpha value is -1.55. The highest BCUT2D eigenvalue weighted by molar-refractivity contribution is 7.89. The van der Waals surface area contributed by atoms with E-state index in [-0.39, 0.29) is 22.7 Å². The highest BCUT2D eigenvalue weighted by atomic mass is 32.2. The topological polar surface area (TPSA) is 111 Å². The molecule has 8 nitrogen and oxygen atoms in total. The average Bonchev–Trinajstić information content (AvgIpc) is 3.03. The van der Waals surface area contributed by atoms with E-state index in [0.29, 0.717) is 18.9 Å². The lowest BCUT2D eigenvalue weighted by molar-refractivity contribution is -0.384. The van der Waals surface area contributed by atoms with Gasteiger partial charge in [0.25, 0.3) is 5.69 Å². The maximum atomic E-state index is 12.5. The molecular formula is C15H21N3O5S. The minimum absolute atomic E-state index is 0.0315. The molecule has 0 aliphatic carbocycles. The third kappa shape index (κ3) is 3.75. The number of hydrogen-bond acceptors (Lipinski definition) is 6. The summed E-state index contributed by atoms with van der Waals surface area (Å²) < 4.78 is 33.6. The molecule has 2 aliphatic rings. The first-order valence-electron chi connectivity index (χ1n) is 8.06. The predicted molar refractivity (Wildman–Crippen MR) is 87.2 cm³/mol. The average molecular weight is 355 g/mol. The van der Waals surface area contributed by atoms with Crippen molar-refractivity contribution in [2.24, 2.45) is 5.92 Å². The van der Waals surface area contributed by atoms with Gasteiger partial charge in [0, 0.05) is 18.7 Å². The van der Waals surface area contributed by atoms with Crippen LogP contribution in [0.1, 0.15) is 19.3 Å². The van der Waals surface area contributed by atoms with E-state index in [0.717, 1.165) is 25.9 Å². The van der Waals surface area contributed by atoms with Gasteiger partial charge in [-0.2, -0.15) is 0 Å². The minimum Gasteiger partial charge on any atom is -0.376 e. The van der Waals surface area contributed by atoms with Gasteiger partial charge in [0.15, 0.2) is 0 Å². The molecule has 0 unspecified atom stereocenters. The summed E-state index contributed by atoms with van der Waals surface area (Å²) in [6.07, 6.45) is 2.47. The number of nitrogens with zero attached hydrogens (tertiary/aromatic N) is 1. The molecule has 0 aromatic heterocycles. The van der Waals surface area contributed by atoms with Crippen molar-refractivity contribution in [2.45, 2.75) is 36.3 Å². The first-order chi connectivity index (χ1) is 11.5. The molecule has 1 aromatic rings. The molecule has 24 heavy (non-hydrogen) atoms. The van der Waals surface area contributed by atoms with E-state index in [1.165, 1.54) is 24.3 Å². The molecule has 0 bridgehead atoms. The molecule has 2 atom stereocenters. The molecule has 0 radical (unpaired) electrons. The Bertz CT molecular complexity index is 686. The van der Waals surface area contributed by atoms with E-state index in [4.69, 9.17) is 4.74 Å². The monoisotopic (exact) mass is 355 g/mol. The summed E-state index contributed by atoms with van der Waals surface area (Å²) in [4.78, 5) is 10.2. The largest absolute Gasteiger partial charge is 0.376 e. The second-order valence-corrected chi connectivity index (χ2v) is 7.90. The van der Waals surface area contributed by atoms with Crippen molar-refractivity contribution in [3.05, 3.63) is 34.4 Å². The van der Waals surface area contributed by atoms with Crippen LogP contribution in [0.2, 0.25) is 0 Å². The van der Waals surface area contributed by atoms with Gasteiger partial charge in [-0.1, -0.05) is 0 Å². The summed E-state index contributed by atoms with van der Waals surface area (Å²) >= 11 is 0. The number of nitro groups is 1. The van der Waals surface area contributed by atoms with Crippen LogP contribution in [0.5, 0.6) is 0 Å². The molecule has 9 heteroatoms. The van der Waals surface area contributed by atoms with Crippen LogP contribution >= 0.6 is 0 Å².